The fourth-order valence-corrected chi connectivity index (χ4v) is 5.59. The molecule has 1 aliphatic carbocycles. The number of rotatable bonds is 7. The third kappa shape index (κ3) is 4.62. The number of anilines is 2. The van der Waals surface area contributed by atoms with Gasteiger partial charge in [-0.3, -0.25) is 0 Å². The number of methoxy groups -OCH3 is 3. The Morgan fingerprint density at radius 3 is 2.57 bits per heavy atom. The number of aromatic nitrogens is 4. The molecule has 11 heteroatoms. The summed E-state index contributed by atoms with van der Waals surface area (Å²) >= 11 is 7.40. The van der Waals surface area contributed by atoms with Gasteiger partial charge in [0.05, 0.1) is 12.8 Å². The quantitative estimate of drug-likeness (QED) is 0.333. The summed E-state index contributed by atoms with van der Waals surface area (Å²) in [5.41, 5.74) is 3.40. The van der Waals surface area contributed by atoms with Crippen LogP contribution in [-0.2, 0) is 15.9 Å². The van der Waals surface area contributed by atoms with Crippen molar-refractivity contribution < 1.29 is 18.6 Å². The van der Waals surface area contributed by atoms with E-state index in [4.69, 9.17) is 30.8 Å². The van der Waals surface area contributed by atoms with E-state index < -0.39 is 5.79 Å². The topological polar surface area (TPSA) is 83.3 Å². The molecule has 4 aromatic rings. The van der Waals surface area contributed by atoms with Crippen LogP contribution in [0.4, 0.5) is 15.2 Å². The number of benzene rings is 2. The van der Waals surface area contributed by atoms with E-state index >= 15 is 0 Å². The van der Waals surface area contributed by atoms with Crippen molar-refractivity contribution >= 4 is 33.8 Å². The third-order valence-corrected chi connectivity index (χ3v) is 7.32. The van der Waals surface area contributed by atoms with Gasteiger partial charge in [0, 0.05) is 49.6 Å². The van der Waals surface area contributed by atoms with Crippen LogP contribution in [0.5, 0.6) is 5.75 Å². The Kier molecular flexibility index (Phi) is 6.45. The first-order valence-electron chi connectivity index (χ1n) is 10.8. The number of thiazole rings is 1. The molecule has 0 spiro atoms. The van der Waals surface area contributed by atoms with Gasteiger partial charge >= 0.3 is 0 Å². The van der Waals surface area contributed by atoms with E-state index in [0.29, 0.717) is 24.3 Å². The molecule has 0 fully saturated rings. The summed E-state index contributed by atoms with van der Waals surface area (Å²) in [7, 11) is 4.88. The van der Waals surface area contributed by atoms with Crippen molar-refractivity contribution in [1.29, 1.82) is 0 Å². The Morgan fingerprint density at radius 2 is 1.91 bits per heavy atom. The van der Waals surface area contributed by atoms with Gasteiger partial charge in [-0.25, -0.2) is 19.0 Å². The summed E-state index contributed by atoms with van der Waals surface area (Å²) < 4.78 is 32.3. The van der Waals surface area contributed by atoms with E-state index in [-0.39, 0.29) is 17.0 Å². The third-order valence-electron chi connectivity index (χ3n) is 6.16. The molecule has 0 radical (unpaired) electrons. The van der Waals surface area contributed by atoms with Crippen LogP contribution in [0.1, 0.15) is 28.5 Å². The molecule has 1 atom stereocenters. The molecule has 0 amide bonds. The highest BCUT2D eigenvalue weighted by Crippen LogP contribution is 2.46. The Balaban J connectivity index is 1.47. The van der Waals surface area contributed by atoms with Gasteiger partial charge in [-0.1, -0.05) is 12.1 Å². The van der Waals surface area contributed by atoms with Crippen molar-refractivity contribution in [1.82, 2.24) is 19.7 Å². The average molecular weight is 516 g/mol. The number of nitrogens with one attached hydrogen (secondary N) is 1. The monoisotopic (exact) mass is 515 g/mol. The molecule has 8 nitrogen and oxygen atoms in total. The van der Waals surface area contributed by atoms with Crippen molar-refractivity contribution in [2.45, 2.75) is 24.5 Å². The molecule has 182 valence electrons. The molecule has 1 N–H and O–H groups in total. The lowest BCUT2D eigenvalue weighted by Gasteiger charge is -2.37. The molecule has 5 rings (SSSR count). The number of ether oxygens (including phenoxy) is 3. The maximum absolute atomic E-state index is 13.6. The van der Waals surface area contributed by atoms with Crippen LogP contribution in [0.2, 0.25) is 5.28 Å². The summed E-state index contributed by atoms with van der Waals surface area (Å²) in [6.07, 6.45) is 2.67. The fourth-order valence-electron chi connectivity index (χ4n) is 4.33. The number of hydrogen-bond acceptors (Lipinski definition) is 8. The molecular weight excluding hydrogens is 493 g/mol. The molecule has 2 aromatic carbocycles. The largest absolute Gasteiger partial charge is 0.494 e. The van der Waals surface area contributed by atoms with Crippen molar-refractivity contribution in [3.05, 3.63) is 76.0 Å². The van der Waals surface area contributed by atoms with Gasteiger partial charge in [-0.15, -0.1) is 16.4 Å². The second-order valence-electron chi connectivity index (χ2n) is 8.10. The second kappa shape index (κ2) is 9.54. The number of halogens is 2. The zero-order chi connectivity index (χ0) is 24.6. The van der Waals surface area contributed by atoms with Crippen LogP contribution < -0.4 is 10.1 Å². The molecular formula is C24H23ClFN5O3S. The predicted octanol–water partition coefficient (Wildman–Crippen LogP) is 5.34. The fraction of sp³-hybridized carbons (Fsp3) is 0.292. The Hall–Kier alpha value is -3.05. The van der Waals surface area contributed by atoms with Crippen LogP contribution in [0, 0.1) is 5.82 Å². The molecule has 0 bridgehead atoms. The minimum atomic E-state index is -0.778. The maximum Gasteiger partial charge on any atom is 0.242 e. The Labute approximate surface area is 210 Å². The maximum atomic E-state index is 13.6. The summed E-state index contributed by atoms with van der Waals surface area (Å²) in [6, 6.07) is 12.1. The lowest BCUT2D eigenvalue weighted by atomic mass is 9.82. The van der Waals surface area contributed by atoms with E-state index in [1.54, 1.807) is 49.5 Å². The highest BCUT2D eigenvalue weighted by molar-refractivity contribution is 7.15. The van der Waals surface area contributed by atoms with Crippen molar-refractivity contribution in [2.75, 3.05) is 26.6 Å². The van der Waals surface area contributed by atoms with E-state index in [2.05, 4.69) is 15.4 Å². The van der Waals surface area contributed by atoms with Crippen molar-refractivity contribution in [3.8, 4) is 11.4 Å². The predicted molar refractivity (Wildman–Crippen MR) is 132 cm³/mol. The molecule has 2 aromatic heterocycles. The van der Waals surface area contributed by atoms with Gasteiger partial charge < -0.3 is 19.5 Å². The van der Waals surface area contributed by atoms with Crippen LogP contribution >= 0.6 is 22.9 Å². The van der Waals surface area contributed by atoms with Gasteiger partial charge in [0.2, 0.25) is 5.28 Å². The summed E-state index contributed by atoms with van der Waals surface area (Å²) in [6.45, 7) is 0. The van der Waals surface area contributed by atoms with Gasteiger partial charge in [-0.05, 0) is 41.4 Å². The highest BCUT2D eigenvalue weighted by atomic mass is 35.5. The second-order valence-corrected chi connectivity index (χ2v) is 9.52. The van der Waals surface area contributed by atoms with Crippen molar-refractivity contribution in [2.24, 2.45) is 0 Å². The smallest absolute Gasteiger partial charge is 0.242 e. The highest BCUT2D eigenvalue weighted by Gasteiger charge is 2.42. The molecule has 0 aliphatic heterocycles. The number of hydrogen-bond donors (Lipinski definition) is 1. The molecule has 0 saturated heterocycles. The van der Waals surface area contributed by atoms with Crippen LogP contribution in [0.25, 0.3) is 5.69 Å². The number of nitrogens with zero attached hydrogens (tertiary/aromatic N) is 4. The minimum Gasteiger partial charge on any atom is -0.494 e. The average Bonchev–Trinajstić information content (AvgIpc) is 3.49. The molecule has 1 aliphatic rings. The first kappa shape index (κ1) is 23.7. The van der Waals surface area contributed by atoms with E-state index in [0.717, 1.165) is 27.0 Å². The summed E-state index contributed by atoms with van der Waals surface area (Å²) in [5, 5.41) is 8.39. The Morgan fingerprint density at radius 1 is 1.14 bits per heavy atom. The molecule has 2 heterocycles. The first-order valence-corrected chi connectivity index (χ1v) is 12.0. The standard InChI is InChI=1S/C24H23ClFN5O3S/c1-32-19-10-16(8-9-18(19)31-13-27-22(25)30-31)28-23-29-21-17(14-4-6-15(26)7-5-14)11-24(33-2,34-3)12-20(21)35-23/h4-10,13,17H,11-12H2,1-3H3,(H,28,29). The van der Waals surface area contributed by atoms with Crippen molar-refractivity contribution in [3.63, 3.8) is 0 Å². The lowest BCUT2D eigenvalue weighted by molar-refractivity contribution is -0.214. The Bertz CT molecular complexity index is 1340. The van der Waals surface area contributed by atoms with E-state index in [1.807, 2.05) is 18.2 Å². The van der Waals surface area contributed by atoms with Crippen LogP contribution in [-0.4, -0.2) is 46.9 Å². The zero-order valence-corrected chi connectivity index (χ0v) is 20.9. The molecule has 35 heavy (non-hydrogen) atoms. The zero-order valence-electron chi connectivity index (χ0n) is 19.3. The van der Waals surface area contributed by atoms with Gasteiger partial charge in [0.1, 0.15) is 23.6 Å². The van der Waals surface area contributed by atoms with Gasteiger partial charge in [-0.2, -0.15) is 0 Å². The minimum absolute atomic E-state index is 0.0972. The SMILES string of the molecule is COc1cc(Nc2nc3c(s2)CC(OC)(OC)CC3c2ccc(F)cc2)ccc1-n1cnc(Cl)n1. The lowest BCUT2D eigenvalue weighted by Crippen LogP contribution is -2.41. The van der Waals surface area contributed by atoms with Gasteiger partial charge in [0.25, 0.3) is 0 Å². The summed E-state index contributed by atoms with van der Waals surface area (Å²) in [5.74, 6) is -0.555. The van der Waals surface area contributed by atoms with E-state index in [9.17, 15) is 4.39 Å². The van der Waals surface area contributed by atoms with Crippen LogP contribution in [0.3, 0.4) is 0 Å². The normalized spacial score (nSPS) is 16.7. The summed E-state index contributed by atoms with van der Waals surface area (Å²) in [4.78, 5) is 9.92. The number of fused-ring (bicyclic) bond motifs is 1. The first-order chi connectivity index (χ1) is 16.9. The molecule has 0 saturated carbocycles. The van der Waals surface area contributed by atoms with Gasteiger partial charge in [0.15, 0.2) is 10.9 Å². The van der Waals surface area contributed by atoms with E-state index in [1.165, 1.54) is 18.5 Å². The molecule has 1 unspecified atom stereocenters. The van der Waals surface area contributed by atoms with Crippen LogP contribution in [0.15, 0.2) is 48.8 Å².